The Morgan fingerprint density at radius 1 is 1.11 bits per heavy atom. The largest absolute Gasteiger partial charge is 0.411 e. The van der Waals surface area contributed by atoms with Gasteiger partial charge in [0, 0.05) is 22.3 Å². The van der Waals surface area contributed by atoms with Gasteiger partial charge in [-0.2, -0.15) is 4.68 Å². The molecule has 1 atom stereocenters. The third kappa shape index (κ3) is 4.25. The van der Waals surface area contributed by atoms with Crippen LogP contribution in [-0.2, 0) is 6.42 Å². The summed E-state index contributed by atoms with van der Waals surface area (Å²) in [6, 6.07) is 15.6. The summed E-state index contributed by atoms with van der Waals surface area (Å²) in [6.07, 6.45) is 3.79. The van der Waals surface area contributed by atoms with Gasteiger partial charge >= 0.3 is 6.09 Å². The van der Waals surface area contributed by atoms with Gasteiger partial charge in [-0.05, 0) is 82.9 Å². The summed E-state index contributed by atoms with van der Waals surface area (Å²) in [5.74, 6) is 1.05. The number of carbonyl (C=O) groups is 1. The van der Waals surface area contributed by atoms with Crippen LogP contribution in [0, 0.1) is 0 Å². The molecule has 37 heavy (non-hydrogen) atoms. The number of ether oxygens (including phenoxy) is 1. The van der Waals surface area contributed by atoms with Crippen LogP contribution >= 0.6 is 11.6 Å². The highest BCUT2D eigenvalue weighted by Crippen LogP contribution is 2.34. The van der Waals surface area contributed by atoms with E-state index >= 15 is 0 Å². The van der Waals surface area contributed by atoms with Crippen LogP contribution in [-0.4, -0.2) is 40.8 Å². The molecular formula is C25H19ClN8O3. The number of fused-ring (bicyclic) bond motifs is 1. The van der Waals surface area contributed by atoms with Crippen LogP contribution in [0.4, 0.5) is 4.79 Å². The molecule has 12 heteroatoms. The van der Waals surface area contributed by atoms with Crippen LogP contribution in [0.25, 0.3) is 28.1 Å². The Bertz CT molecular complexity index is 1680. The molecule has 184 valence electrons. The van der Waals surface area contributed by atoms with E-state index in [0.29, 0.717) is 23.0 Å². The number of aryl methyl sites for hydroxylation is 1. The molecule has 0 spiro atoms. The van der Waals surface area contributed by atoms with E-state index in [9.17, 15) is 9.59 Å². The van der Waals surface area contributed by atoms with E-state index in [0.717, 1.165) is 40.2 Å². The fourth-order valence-corrected chi connectivity index (χ4v) is 4.86. The number of aromatic amines is 1. The standard InChI is InChI=1S/C25H19ClN8O3/c26-16-3-7-21(33-13-29-31-32-33)19(11-16)15-9-17-4-8-22(34(17)23(35)10-15)24-28-12-20(30-24)14-1-5-18(6-2-14)37-25(27)36/h1-3,5-7,9-13,22H,4,8H2,(H2,27,36)(H,28,30). The summed E-state index contributed by atoms with van der Waals surface area (Å²) >= 11 is 6.29. The molecule has 6 rings (SSSR count). The highest BCUT2D eigenvalue weighted by Gasteiger charge is 2.28. The van der Waals surface area contributed by atoms with Gasteiger partial charge < -0.3 is 20.0 Å². The second-order valence-corrected chi connectivity index (χ2v) is 8.98. The number of primary amides is 1. The average molecular weight is 515 g/mol. The lowest BCUT2D eigenvalue weighted by molar-refractivity contribution is 0.211. The number of halogens is 1. The Hall–Kier alpha value is -4.77. The second kappa shape index (κ2) is 9.03. The first-order valence-corrected chi connectivity index (χ1v) is 11.8. The Kier molecular flexibility index (Phi) is 5.53. The maximum absolute atomic E-state index is 13.4. The smallest absolute Gasteiger partial charge is 0.409 e. The molecule has 5 aromatic rings. The summed E-state index contributed by atoms with van der Waals surface area (Å²) in [6.45, 7) is 0. The van der Waals surface area contributed by atoms with E-state index < -0.39 is 6.09 Å². The Balaban J connectivity index is 1.32. The Morgan fingerprint density at radius 3 is 2.70 bits per heavy atom. The van der Waals surface area contributed by atoms with Crippen molar-refractivity contribution < 1.29 is 9.53 Å². The Morgan fingerprint density at radius 2 is 1.95 bits per heavy atom. The molecule has 11 nitrogen and oxygen atoms in total. The fraction of sp³-hybridized carbons (Fsp3) is 0.120. The highest BCUT2D eigenvalue weighted by molar-refractivity contribution is 6.31. The van der Waals surface area contributed by atoms with Crippen molar-refractivity contribution in [3.8, 4) is 33.8 Å². The van der Waals surface area contributed by atoms with Gasteiger partial charge in [0.05, 0.1) is 23.6 Å². The summed E-state index contributed by atoms with van der Waals surface area (Å²) in [7, 11) is 0. The molecular weight excluding hydrogens is 496 g/mol. The number of carbonyl (C=O) groups excluding carboxylic acids is 1. The highest BCUT2D eigenvalue weighted by atomic mass is 35.5. The first kappa shape index (κ1) is 22.7. The normalized spacial score (nSPS) is 14.5. The zero-order valence-corrected chi connectivity index (χ0v) is 20.0. The number of rotatable bonds is 5. The number of aromatic nitrogens is 7. The number of H-pyrrole nitrogens is 1. The first-order chi connectivity index (χ1) is 18.0. The van der Waals surface area contributed by atoms with Crippen LogP contribution in [0.15, 0.2) is 71.9 Å². The third-order valence-electron chi connectivity index (χ3n) is 6.29. The van der Waals surface area contributed by atoms with Gasteiger partial charge in [-0.1, -0.05) is 11.6 Å². The van der Waals surface area contributed by atoms with Crippen molar-refractivity contribution >= 4 is 17.7 Å². The summed E-state index contributed by atoms with van der Waals surface area (Å²) in [4.78, 5) is 32.2. The van der Waals surface area contributed by atoms with Gasteiger partial charge in [-0.3, -0.25) is 4.79 Å². The summed E-state index contributed by atoms with van der Waals surface area (Å²) in [5.41, 5.74) is 9.68. The molecule has 1 unspecified atom stereocenters. The van der Waals surface area contributed by atoms with E-state index in [4.69, 9.17) is 22.1 Å². The summed E-state index contributed by atoms with van der Waals surface area (Å²) < 4.78 is 8.19. The zero-order chi connectivity index (χ0) is 25.5. The molecule has 0 aliphatic carbocycles. The number of nitrogens with two attached hydrogens (primary N) is 1. The number of tetrazole rings is 1. The molecule has 1 aliphatic rings. The number of hydrogen-bond acceptors (Lipinski definition) is 7. The molecule has 0 fully saturated rings. The molecule has 3 N–H and O–H groups in total. The van der Waals surface area contributed by atoms with Crippen molar-refractivity contribution in [2.45, 2.75) is 18.9 Å². The summed E-state index contributed by atoms with van der Waals surface area (Å²) in [5, 5.41) is 12.0. The topological polar surface area (TPSA) is 147 Å². The molecule has 0 bridgehead atoms. The minimum Gasteiger partial charge on any atom is -0.411 e. The van der Waals surface area contributed by atoms with Gasteiger partial charge in [-0.15, -0.1) is 5.10 Å². The second-order valence-electron chi connectivity index (χ2n) is 8.54. The van der Waals surface area contributed by atoms with Crippen LogP contribution in [0.5, 0.6) is 5.75 Å². The lowest BCUT2D eigenvalue weighted by Gasteiger charge is -2.15. The lowest BCUT2D eigenvalue weighted by atomic mass is 10.0. The minimum absolute atomic E-state index is 0.136. The van der Waals surface area contributed by atoms with Crippen molar-refractivity contribution in [1.82, 2.24) is 34.7 Å². The first-order valence-electron chi connectivity index (χ1n) is 11.4. The molecule has 0 saturated heterocycles. The molecule has 2 aromatic carbocycles. The van der Waals surface area contributed by atoms with E-state index in [-0.39, 0.29) is 11.6 Å². The van der Waals surface area contributed by atoms with Crippen molar-refractivity contribution in [2.75, 3.05) is 0 Å². The zero-order valence-electron chi connectivity index (χ0n) is 19.2. The molecule has 4 heterocycles. The number of benzene rings is 2. The quantitative estimate of drug-likeness (QED) is 0.364. The molecule has 1 amide bonds. The number of nitrogens with one attached hydrogen (secondary N) is 1. The number of imidazole rings is 1. The number of hydrogen-bond donors (Lipinski definition) is 2. The van der Waals surface area contributed by atoms with E-state index in [2.05, 4.69) is 25.5 Å². The van der Waals surface area contributed by atoms with E-state index in [1.54, 1.807) is 53.2 Å². The maximum Gasteiger partial charge on any atom is 0.409 e. The van der Waals surface area contributed by atoms with Crippen LogP contribution < -0.4 is 16.0 Å². The molecule has 3 aromatic heterocycles. The van der Waals surface area contributed by atoms with Crippen LogP contribution in [0.3, 0.4) is 0 Å². The SMILES string of the molecule is NC(=O)Oc1ccc(-c2cnc(C3CCc4cc(-c5cc(Cl)ccc5-n5cnnn5)cc(=O)n43)[nH]2)cc1. The van der Waals surface area contributed by atoms with E-state index in [1.807, 2.05) is 12.1 Å². The number of pyridine rings is 1. The van der Waals surface area contributed by atoms with Gasteiger partial charge in [0.1, 0.15) is 17.9 Å². The lowest BCUT2D eigenvalue weighted by Crippen LogP contribution is -2.23. The monoisotopic (exact) mass is 514 g/mol. The predicted molar refractivity (Wildman–Crippen MR) is 135 cm³/mol. The minimum atomic E-state index is -0.868. The van der Waals surface area contributed by atoms with Crippen molar-refractivity contribution in [3.05, 3.63) is 94.0 Å². The van der Waals surface area contributed by atoms with Crippen LogP contribution in [0.1, 0.15) is 24.0 Å². The Labute approximate surface area is 214 Å². The average Bonchev–Trinajstić information content (AvgIpc) is 3.65. The van der Waals surface area contributed by atoms with Crippen molar-refractivity contribution in [2.24, 2.45) is 5.73 Å². The fourth-order valence-electron chi connectivity index (χ4n) is 4.69. The third-order valence-corrected chi connectivity index (χ3v) is 6.53. The van der Waals surface area contributed by atoms with Gasteiger partial charge in [0.2, 0.25) is 0 Å². The van der Waals surface area contributed by atoms with Crippen LogP contribution in [0.2, 0.25) is 5.02 Å². The molecule has 1 aliphatic heterocycles. The maximum atomic E-state index is 13.4. The van der Waals surface area contributed by atoms with Gasteiger partial charge in [-0.25, -0.2) is 9.78 Å². The number of amides is 1. The number of nitrogens with zero attached hydrogens (tertiary/aromatic N) is 6. The van der Waals surface area contributed by atoms with E-state index in [1.165, 1.54) is 11.0 Å². The van der Waals surface area contributed by atoms with Gasteiger partial charge in [0.15, 0.2) is 0 Å². The van der Waals surface area contributed by atoms with Gasteiger partial charge in [0.25, 0.3) is 5.56 Å². The van der Waals surface area contributed by atoms with Crippen molar-refractivity contribution in [3.63, 3.8) is 0 Å². The van der Waals surface area contributed by atoms with Crippen molar-refractivity contribution in [1.29, 1.82) is 0 Å². The molecule has 0 saturated carbocycles. The predicted octanol–water partition coefficient (Wildman–Crippen LogP) is 3.53. The molecule has 0 radical (unpaired) electrons.